The zero-order chi connectivity index (χ0) is 18.1. The highest BCUT2D eigenvalue weighted by atomic mass is 35.5. The highest BCUT2D eigenvalue weighted by Gasteiger charge is 2.31. The highest BCUT2D eigenvalue weighted by Crippen LogP contribution is 2.34. The molecule has 0 saturated heterocycles. The van der Waals surface area contributed by atoms with E-state index in [9.17, 15) is 22.8 Å². The van der Waals surface area contributed by atoms with Gasteiger partial charge in [-0.3, -0.25) is 4.79 Å². The van der Waals surface area contributed by atoms with Crippen molar-refractivity contribution in [2.75, 3.05) is 5.32 Å². The van der Waals surface area contributed by atoms with Gasteiger partial charge in [0.1, 0.15) is 5.01 Å². The van der Waals surface area contributed by atoms with Crippen molar-refractivity contribution < 1.29 is 27.9 Å². The number of carboxylic acid groups (broad SMARTS) is 1. The number of halogens is 4. The lowest BCUT2D eigenvalue weighted by Gasteiger charge is -2.13. The van der Waals surface area contributed by atoms with Crippen molar-refractivity contribution in [3.63, 3.8) is 0 Å². The quantitative estimate of drug-likeness (QED) is 0.833. The lowest BCUT2D eigenvalue weighted by Crippen LogP contribution is -2.19. The van der Waals surface area contributed by atoms with Crippen molar-refractivity contribution in [2.24, 2.45) is 0 Å². The van der Waals surface area contributed by atoms with Crippen LogP contribution < -0.4 is 5.32 Å². The minimum Gasteiger partial charge on any atom is -0.476 e. The van der Waals surface area contributed by atoms with Crippen molar-refractivity contribution in [3.8, 4) is 0 Å². The number of amides is 1. The summed E-state index contributed by atoms with van der Waals surface area (Å²) < 4.78 is 38.2. The molecule has 1 aromatic carbocycles. The molecule has 0 saturated carbocycles. The first kappa shape index (κ1) is 18.2. The molecule has 0 aliphatic carbocycles. The van der Waals surface area contributed by atoms with E-state index in [2.05, 4.69) is 10.3 Å². The van der Waals surface area contributed by atoms with Crippen LogP contribution in [0.2, 0.25) is 5.02 Å². The number of rotatable bonds is 4. The Kier molecular flexibility index (Phi) is 5.14. The van der Waals surface area contributed by atoms with Gasteiger partial charge in [0.2, 0.25) is 5.91 Å². The predicted molar refractivity (Wildman–Crippen MR) is 82.6 cm³/mol. The monoisotopic (exact) mass is 378 g/mol. The van der Waals surface area contributed by atoms with Crippen LogP contribution in [0, 0.1) is 0 Å². The highest BCUT2D eigenvalue weighted by molar-refractivity contribution is 7.10. The number of anilines is 1. The number of carbonyl (C=O) groups is 2. The van der Waals surface area contributed by atoms with Gasteiger partial charge in [0.25, 0.3) is 0 Å². The number of alkyl halides is 3. The molecule has 0 bridgehead atoms. The Morgan fingerprint density at radius 3 is 2.58 bits per heavy atom. The van der Waals surface area contributed by atoms with Crippen LogP contribution in [0.5, 0.6) is 0 Å². The number of aromatic carboxylic acids is 1. The van der Waals surface area contributed by atoms with Gasteiger partial charge in [0.05, 0.1) is 22.2 Å². The van der Waals surface area contributed by atoms with Crippen molar-refractivity contribution in [2.45, 2.75) is 19.0 Å². The molecule has 0 spiro atoms. The zero-order valence-electron chi connectivity index (χ0n) is 12.0. The van der Waals surface area contributed by atoms with E-state index in [4.69, 9.17) is 16.7 Å². The molecule has 1 heterocycles. The van der Waals surface area contributed by atoms with Gasteiger partial charge in [0.15, 0.2) is 5.69 Å². The maximum Gasteiger partial charge on any atom is 0.416 e. The SMILES string of the molecule is C[C@H](C(=O)Nc1cc(C(F)(F)F)ccc1Cl)c1nc(C(=O)O)cs1. The largest absolute Gasteiger partial charge is 0.476 e. The Morgan fingerprint density at radius 2 is 2.04 bits per heavy atom. The summed E-state index contributed by atoms with van der Waals surface area (Å²) in [5.74, 6) is -2.73. The van der Waals surface area contributed by atoms with E-state index < -0.39 is 29.5 Å². The number of thiazole rings is 1. The minimum absolute atomic E-state index is 0.0473. The fraction of sp³-hybridized carbons (Fsp3) is 0.214. The molecule has 1 atom stereocenters. The maximum absolute atomic E-state index is 12.7. The van der Waals surface area contributed by atoms with Crippen LogP contribution in [0.25, 0.3) is 0 Å². The van der Waals surface area contributed by atoms with Gasteiger partial charge in [-0.25, -0.2) is 9.78 Å². The van der Waals surface area contributed by atoms with Gasteiger partial charge in [-0.2, -0.15) is 13.2 Å². The molecule has 5 nitrogen and oxygen atoms in total. The van der Waals surface area contributed by atoms with Crippen LogP contribution in [0.4, 0.5) is 18.9 Å². The Hall–Kier alpha value is -2.13. The Balaban J connectivity index is 2.20. The molecule has 2 rings (SSSR count). The average Bonchev–Trinajstić information content (AvgIpc) is 2.97. The summed E-state index contributed by atoms with van der Waals surface area (Å²) in [6, 6.07) is 2.58. The first-order chi connectivity index (χ1) is 11.1. The van der Waals surface area contributed by atoms with Crippen LogP contribution in [-0.2, 0) is 11.0 Å². The fourth-order valence-corrected chi connectivity index (χ4v) is 2.75. The number of hydrogen-bond acceptors (Lipinski definition) is 4. The van der Waals surface area contributed by atoms with Gasteiger partial charge in [-0.1, -0.05) is 11.6 Å². The van der Waals surface area contributed by atoms with Crippen molar-refractivity contribution in [1.82, 2.24) is 4.98 Å². The number of nitrogens with zero attached hydrogens (tertiary/aromatic N) is 1. The normalized spacial score (nSPS) is 12.7. The molecule has 0 aliphatic rings. The summed E-state index contributed by atoms with van der Waals surface area (Å²) in [4.78, 5) is 26.8. The summed E-state index contributed by atoms with van der Waals surface area (Å²) in [6.45, 7) is 1.46. The maximum atomic E-state index is 12.7. The second-order valence-corrected chi connectivity index (χ2v) is 6.08. The van der Waals surface area contributed by atoms with Crippen molar-refractivity contribution >= 4 is 40.5 Å². The molecular weight excluding hydrogens is 369 g/mol. The molecule has 0 fully saturated rings. The minimum atomic E-state index is -4.57. The van der Waals surface area contributed by atoms with E-state index >= 15 is 0 Å². The second kappa shape index (κ2) is 6.78. The molecule has 0 aliphatic heterocycles. The predicted octanol–water partition coefficient (Wildman–Crippen LogP) is 4.26. The smallest absolute Gasteiger partial charge is 0.416 e. The van der Waals surface area contributed by atoms with E-state index in [1.807, 2.05) is 0 Å². The van der Waals surface area contributed by atoms with Gasteiger partial charge in [-0.05, 0) is 25.1 Å². The van der Waals surface area contributed by atoms with Crippen LogP contribution >= 0.6 is 22.9 Å². The summed E-state index contributed by atoms with van der Waals surface area (Å²) in [5, 5.41) is 12.6. The molecule has 1 aromatic heterocycles. The van der Waals surface area contributed by atoms with E-state index in [0.29, 0.717) is 0 Å². The molecular formula is C14H10ClF3N2O3S. The molecule has 0 unspecified atom stereocenters. The van der Waals surface area contributed by atoms with Gasteiger partial charge in [-0.15, -0.1) is 11.3 Å². The van der Waals surface area contributed by atoms with E-state index in [0.717, 1.165) is 29.5 Å². The number of benzene rings is 1. The Bertz CT molecular complexity index is 792. The number of nitrogens with one attached hydrogen (secondary N) is 1. The summed E-state index contributed by atoms with van der Waals surface area (Å²) in [6.07, 6.45) is -4.57. The van der Waals surface area contributed by atoms with Crippen molar-refractivity contribution in [1.29, 1.82) is 0 Å². The molecule has 10 heteroatoms. The summed E-state index contributed by atoms with van der Waals surface area (Å²) in [5.41, 5.74) is -1.33. The third kappa shape index (κ3) is 4.04. The Labute approximate surface area is 143 Å². The van der Waals surface area contributed by atoms with E-state index in [-0.39, 0.29) is 21.4 Å². The molecule has 24 heavy (non-hydrogen) atoms. The van der Waals surface area contributed by atoms with Crippen LogP contribution in [0.3, 0.4) is 0 Å². The number of carbonyl (C=O) groups excluding carboxylic acids is 1. The lowest BCUT2D eigenvalue weighted by molar-refractivity contribution is -0.137. The first-order valence-electron chi connectivity index (χ1n) is 6.46. The standard InChI is InChI=1S/C14H10ClF3N2O3S/c1-6(12-20-10(5-24-12)13(22)23)11(21)19-9-4-7(14(16,17)18)2-3-8(9)15/h2-6H,1H3,(H,19,21)(H,22,23)/t6-/m1/s1. The van der Waals surface area contributed by atoms with E-state index in [1.165, 1.54) is 12.3 Å². The number of hydrogen-bond donors (Lipinski definition) is 2. The van der Waals surface area contributed by atoms with Crippen LogP contribution in [-0.4, -0.2) is 22.0 Å². The number of carboxylic acids is 1. The molecule has 1 amide bonds. The Morgan fingerprint density at radius 1 is 1.38 bits per heavy atom. The third-order valence-electron chi connectivity index (χ3n) is 3.06. The fourth-order valence-electron chi connectivity index (χ4n) is 1.74. The van der Waals surface area contributed by atoms with Crippen molar-refractivity contribution in [3.05, 3.63) is 44.9 Å². The van der Waals surface area contributed by atoms with Crippen LogP contribution in [0.15, 0.2) is 23.6 Å². The van der Waals surface area contributed by atoms with Crippen LogP contribution in [0.1, 0.15) is 33.9 Å². The molecule has 2 aromatic rings. The summed E-state index contributed by atoms with van der Waals surface area (Å²) >= 11 is 6.78. The third-order valence-corrected chi connectivity index (χ3v) is 4.41. The average molecular weight is 379 g/mol. The second-order valence-electron chi connectivity index (χ2n) is 4.78. The first-order valence-corrected chi connectivity index (χ1v) is 7.71. The van der Waals surface area contributed by atoms with Gasteiger partial charge >= 0.3 is 12.1 Å². The van der Waals surface area contributed by atoms with Gasteiger partial charge in [0, 0.05) is 5.38 Å². The topological polar surface area (TPSA) is 79.3 Å². The lowest BCUT2D eigenvalue weighted by atomic mass is 10.1. The van der Waals surface area contributed by atoms with E-state index in [1.54, 1.807) is 0 Å². The number of aromatic nitrogens is 1. The zero-order valence-corrected chi connectivity index (χ0v) is 13.6. The molecule has 0 radical (unpaired) electrons. The molecule has 128 valence electrons. The summed E-state index contributed by atoms with van der Waals surface area (Å²) in [7, 11) is 0. The van der Waals surface area contributed by atoms with Gasteiger partial charge < -0.3 is 10.4 Å². The molecule has 2 N–H and O–H groups in total.